The number of thioether (sulfide) groups is 1. The summed E-state index contributed by atoms with van der Waals surface area (Å²) in [5, 5.41) is 10.6. The normalized spacial score (nSPS) is 18.1. The number of amides is 1. The zero-order chi connectivity index (χ0) is 15.2. The molecule has 2 aromatic rings. The van der Waals surface area contributed by atoms with E-state index >= 15 is 0 Å². The molecule has 22 heavy (non-hydrogen) atoms. The van der Waals surface area contributed by atoms with Crippen LogP contribution >= 0.6 is 11.8 Å². The van der Waals surface area contributed by atoms with Gasteiger partial charge in [-0.1, -0.05) is 12.1 Å². The second-order valence-electron chi connectivity index (χ2n) is 5.33. The average molecular weight is 316 g/mol. The van der Waals surface area contributed by atoms with E-state index < -0.39 is 0 Å². The molecule has 1 atom stereocenters. The van der Waals surface area contributed by atoms with Gasteiger partial charge in [0, 0.05) is 49.5 Å². The number of benzene rings is 1. The predicted octanol–water partition coefficient (Wildman–Crippen LogP) is 1.58. The van der Waals surface area contributed by atoms with Gasteiger partial charge in [0.15, 0.2) is 0 Å². The Balaban J connectivity index is 1.52. The van der Waals surface area contributed by atoms with E-state index in [1.165, 1.54) is 0 Å². The first-order chi connectivity index (χ1) is 10.8. The number of hydrogen-bond donors (Lipinski definition) is 2. The Morgan fingerprint density at radius 3 is 3.18 bits per heavy atom. The monoisotopic (exact) mass is 316 g/mol. The van der Waals surface area contributed by atoms with Gasteiger partial charge in [-0.3, -0.25) is 4.79 Å². The van der Waals surface area contributed by atoms with Crippen LogP contribution in [0.5, 0.6) is 0 Å². The summed E-state index contributed by atoms with van der Waals surface area (Å²) in [6.07, 6.45) is 4.21. The fourth-order valence-corrected chi connectivity index (χ4v) is 3.43. The van der Waals surface area contributed by atoms with Crippen molar-refractivity contribution in [2.24, 2.45) is 0 Å². The zero-order valence-corrected chi connectivity index (χ0v) is 13.2. The summed E-state index contributed by atoms with van der Waals surface area (Å²) in [6, 6.07) is 10.2. The third-order valence-corrected chi connectivity index (χ3v) is 4.73. The maximum Gasteiger partial charge on any atom is 0.221 e. The van der Waals surface area contributed by atoms with Crippen LogP contribution in [0.15, 0.2) is 42.7 Å². The van der Waals surface area contributed by atoms with E-state index in [2.05, 4.69) is 15.7 Å². The number of nitrogens with one attached hydrogen (secondary N) is 2. The highest BCUT2D eigenvalue weighted by atomic mass is 32.2. The fourth-order valence-electron chi connectivity index (χ4n) is 2.48. The second kappa shape index (κ2) is 7.47. The van der Waals surface area contributed by atoms with Crippen LogP contribution in [0.25, 0.3) is 5.69 Å². The first-order valence-corrected chi connectivity index (χ1v) is 8.63. The fraction of sp³-hybridized carbons (Fsp3) is 0.375. The lowest BCUT2D eigenvalue weighted by Crippen LogP contribution is -2.41. The van der Waals surface area contributed by atoms with Crippen molar-refractivity contribution in [3.05, 3.63) is 48.3 Å². The van der Waals surface area contributed by atoms with Crippen LogP contribution < -0.4 is 10.6 Å². The van der Waals surface area contributed by atoms with Crippen molar-refractivity contribution in [1.29, 1.82) is 0 Å². The standard InChI is InChI=1S/C16H20N4OS/c21-16(10-14-12-22-8-6-17-14)18-11-13-3-1-4-15(9-13)20-7-2-5-19-20/h1-5,7,9,14,17H,6,8,10-12H2,(H,18,21)/t14-/m0/s1. The number of aromatic nitrogens is 2. The summed E-state index contributed by atoms with van der Waals surface area (Å²) < 4.78 is 1.81. The molecule has 1 aromatic heterocycles. The highest BCUT2D eigenvalue weighted by molar-refractivity contribution is 7.99. The van der Waals surface area contributed by atoms with E-state index in [4.69, 9.17) is 0 Å². The van der Waals surface area contributed by atoms with Crippen molar-refractivity contribution in [2.45, 2.75) is 19.0 Å². The Hall–Kier alpha value is -1.79. The molecule has 0 radical (unpaired) electrons. The summed E-state index contributed by atoms with van der Waals surface area (Å²) in [4.78, 5) is 12.0. The van der Waals surface area contributed by atoms with Crippen molar-refractivity contribution in [1.82, 2.24) is 20.4 Å². The number of nitrogens with zero attached hydrogens (tertiary/aromatic N) is 2. The van der Waals surface area contributed by atoms with E-state index in [1.807, 2.05) is 53.0 Å². The van der Waals surface area contributed by atoms with Crippen LogP contribution in [0, 0.1) is 0 Å². The van der Waals surface area contributed by atoms with Gasteiger partial charge < -0.3 is 10.6 Å². The SMILES string of the molecule is O=C(C[C@H]1CSCCN1)NCc1cccc(-n2cccn2)c1. The zero-order valence-electron chi connectivity index (χ0n) is 12.4. The van der Waals surface area contributed by atoms with E-state index in [9.17, 15) is 4.79 Å². The molecule has 1 aromatic carbocycles. The first kappa shape index (κ1) is 15.1. The molecular formula is C16H20N4OS. The van der Waals surface area contributed by atoms with Gasteiger partial charge >= 0.3 is 0 Å². The maximum atomic E-state index is 12.0. The summed E-state index contributed by atoms with van der Waals surface area (Å²) in [6.45, 7) is 1.54. The molecule has 1 aliphatic heterocycles. The number of carbonyl (C=O) groups excluding carboxylic acids is 1. The molecular weight excluding hydrogens is 296 g/mol. The van der Waals surface area contributed by atoms with Crippen molar-refractivity contribution < 1.29 is 4.79 Å². The molecule has 0 spiro atoms. The van der Waals surface area contributed by atoms with E-state index in [1.54, 1.807) is 6.20 Å². The van der Waals surface area contributed by atoms with Crippen LogP contribution in [0.1, 0.15) is 12.0 Å². The molecule has 1 fully saturated rings. The van der Waals surface area contributed by atoms with Crippen LogP contribution in [0.4, 0.5) is 0 Å². The van der Waals surface area contributed by atoms with Gasteiger partial charge in [0.2, 0.25) is 5.91 Å². The predicted molar refractivity (Wildman–Crippen MR) is 89.1 cm³/mol. The van der Waals surface area contributed by atoms with Gasteiger partial charge in [0.25, 0.3) is 0 Å². The van der Waals surface area contributed by atoms with Gasteiger partial charge in [0.05, 0.1) is 5.69 Å². The Morgan fingerprint density at radius 1 is 1.45 bits per heavy atom. The van der Waals surface area contributed by atoms with E-state index in [0.29, 0.717) is 19.0 Å². The molecule has 1 aliphatic rings. The lowest BCUT2D eigenvalue weighted by atomic mass is 10.2. The quantitative estimate of drug-likeness (QED) is 0.879. The molecule has 0 saturated carbocycles. The molecule has 2 heterocycles. The molecule has 2 N–H and O–H groups in total. The minimum atomic E-state index is 0.101. The largest absolute Gasteiger partial charge is 0.352 e. The topological polar surface area (TPSA) is 59.0 Å². The Labute approximate surface area is 134 Å². The third-order valence-electron chi connectivity index (χ3n) is 3.60. The molecule has 5 nitrogen and oxygen atoms in total. The molecule has 1 amide bonds. The summed E-state index contributed by atoms with van der Waals surface area (Å²) in [5.41, 5.74) is 2.08. The van der Waals surface area contributed by atoms with Crippen LogP contribution in [-0.4, -0.2) is 39.8 Å². The average Bonchev–Trinajstić information content (AvgIpc) is 3.09. The maximum absolute atomic E-state index is 12.0. The molecule has 116 valence electrons. The van der Waals surface area contributed by atoms with Crippen LogP contribution in [0.3, 0.4) is 0 Å². The van der Waals surface area contributed by atoms with Gasteiger partial charge in [-0.15, -0.1) is 0 Å². The van der Waals surface area contributed by atoms with Crippen LogP contribution in [-0.2, 0) is 11.3 Å². The molecule has 0 unspecified atom stereocenters. The van der Waals surface area contributed by atoms with Gasteiger partial charge in [0.1, 0.15) is 0 Å². The van der Waals surface area contributed by atoms with Gasteiger partial charge in [-0.25, -0.2) is 4.68 Å². The van der Waals surface area contributed by atoms with Crippen molar-refractivity contribution in [2.75, 3.05) is 18.1 Å². The second-order valence-corrected chi connectivity index (χ2v) is 6.48. The molecule has 0 aliphatic carbocycles. The summed E-state index contributed by atoms with van der Waals surface area (Å²) in [5.74, 6) is 2.25. The lowest BCUT2D eigenvalue weighted by Gasteiger charge is -2.22. The van der Waals surface area contributed by atoms with Gasteiger partial charge in [-0.05, 0) is 23.8 Å². The number of rotatable bonds is 5. The van der Waals surface area contributed by atoms with E-state index in [-0.39, 0.29) is 5.91 Å². The highest BCUT2D eigenvalue weighted by Gasteiger charge is 2.16. The minimum absolute atomic E-state index is 0.101. The third kappa shape index (κ3) is 4.11. The molecule has 0 bridgehead atoms. The van der Waals surface area contributed by atoms with Crippen molar-refractivity contribution in [3.63, 3.8) is 0 Å². The molecule has 1 saturated heterocycles. The summed E-state index contributed by atoms with van der Waals surface area (Å²) in [7, 11) is 0. The van der Waals surface area contributed by atoms with Gasteiger partial charge in [-0.2, -0.15) is 16.9 Å². The van der Waals surface area contributed by atoms with Crippen LogP contribution in [0.2, 0.25) is 0 Å². The smallest absolute Gasteiger partial charge is 0.221 e. The van der Waals surface area contributed by atoms with Crippen molar-refractivity contribution in [3.8, 4) is 5.69 Å². The number of carbonyl (C=O) groups is 1. The highest BCUT2D eigenvalue weighted by Crippen LogP contribution is 2.11. The van der Waals surface area contributed by atoms with E-state index in [0.717, 1.165) is 29.3 Å². The first-order valence-electron chi connectivity index (χ1n) is 7.48. The Kier molecular flexibility index (Phi) is 5.13. The molecule has 6 heteroatoms. The lowest BCUT2D eigenvalue weighted by molar-refractivity contribution is -0.121. The Morgan fingerprint density at radius 2 is 2.41 bits per heavy atom. The van der Waals surface area contributed by atoms with Crippen molar-refractivity contribution >= 4 is 17.7 Å². The summed E-state index contributed by atoms with van der Waals surface area (Å²) >= 11 is 1.91. The minimum Gasteiger partial charge on any atom is -0.352 e. The number of hydrogen-bond acceptors (Lipinski definition) is 4. The molecule has 3 rings (SSSR count). The Bertz CT molecular complexity index is 608.